The monoisotopic (exact) mass is 296 g/mol. The van der Waals surface area contributed by atoms with Crippen LogP contribution in [0.15, 0.2) is 22.7 Å². The summed E-state index contributed by atoms with van der Waals surface area (Å²) >= 11 is 5.87. The van der Waals surface area contributed by atoms with Crippen molar-refractivity contribution >= 4 is 11.6 Å². The molecule has 108 valence electrons. The van der Waals surface area contributed by atoms with Gasteiger partial charge in [0.2, 0.25) is 5.82 Å². The van der Waals surface area contributed by atoms with Crippen LogP contribution in [0.2, 0.25) is 5.02 Å². The van der Waals surface area contributed by atoms with Gasteiger partial charge in [-0.2, -0.15) is 4.98 Å². The van der Waals surface area contributed by atoms with Crippen molar-refractivity contribution in [2.45, 2.75) is 26.9 Å². The Kier molecular flexibility index (Phi) is 4.62. The van der Waals surface area contributed by atoms with Crippen LogP contribution in [0.3, 0.4) is 0 Å². The second kappa shape index (κ2) is 6.24. The van der Waals surface area contributed by atoms with Gasteiger partial charge in [-0.3, -0.25) is 0 Å². The first-order valence-electron chi connectivity index (χ1n) is 6.47. The van der Waals surface area contributed by atoms with Crippen molar-refractivity contribution in [3.63, 3.8) is 0 Å². The molecule has 0 saturated carbocycles. The molecule has 0 aliphatic carbocycles. The van der Waals surface area contributed by atoms with E-state index in [1.165, 1.54) is 6.07 Å². The molecule has 0 amide bonds. The number of halogens is 1. The van der Waals surface area contributed by atoms with Crippen molar-refractivity contribution in [3.05, 3.63) is 29.0 Å². The molecule has 5 nitrogen and oxygen atoms in total. The Morgan fingerprint density at radius 1 is 1.40 bits per heavy atom. The molecule has 1 heterocycles. The van der Waals surface area contributed by atoms with Gasteiger partial charge >= 0.3 is 0 Å². The van der Waals surface area contributed by atoms with Gasteiger partial charge in [-0.1, -0.05) is 30.6 Å². The molecular weight excluding hydrogens is 280 g/mol. The molecule has 20 heavy (non-hydrogen) atoms. The third kappa shape index (κ3) is 3.11. The number of phenols is 1. The minimum atomic E-state index is -0.204. The summed E-state index contributed by atoms with van der Waals surface area (Å²) in [4.78, 5) is 4.35. The maximum Gasteiger partial charge on any atom is 0.258 e. The normalized spacial score (nSPS) is 12.8. The van der Waals surface area contributed by atoms with E-state index in [1.807, 2.05) is 20.8 Å². The van der Waals surface area contributed by atoms with Gasteiger partial charge in [0.15, 0.2) is 0 Å². The van der Waals surface area contributed by atoms with Crippen LogP contribution in [0.4, 0.5) is 0 Å². The zero-order valence-corrected chi connectivity index (χ0v) is 12.4. The largest absolute Gasteiger partial charge is 0.506 e. The van der Waals surface area contributed by atoms with E-state index in [0.29, 0.717) is 23.9 Å². The average molecular weight is 297 g/mol. The van der Waals surface area contributed by atoms with Crippen molar-refractivity contribution in [3.8, 4) is 17.2 Å². The van der Waals surface area contributed by atoms with Gasteiger partial charge in [-0.25, -0.2) is 0 Å². The van der Waals surface area contributed by atoms with Gasteiger partial charge in [0.05, 0.1) is 5.02 Å². The van der Waals surface area contributed by atoms with Crippen LogP contribution < -0.4 is 0 Å². The summed E-state index contributed by atoms with van der Waals surface area (Å²) in [5.74, 6) is 1.13. The predicted octanol–water partition coefficient (Wildman–Crippen LogP) is 3.83. The van der Waals surface area contributed by atoms with Crippen LogP contribution >= 0.6 is 11.6 Å². The van der Waals surface area contributed by atoms with Gasteiger partial charge in [0, 0.05) is 12.2 Å². The standard InChI is InChI=1S/C14H17ClN2O3/c1-4-19-12(8(2)3)13-16-14(20-17-13)9-5-6-11(18)10(15)7-9/h5-8,12,18H,4H2,1-3H3. The smallest absolute Gasteiger partial charge is 0.258 e. The van der Waals surface area contributed by atoms with Crippen LogP contribution in [0, 0.1) is 5.92 Å². The molecule has 0 aliphatic rings. The average Bonchev–Trinajstić information content (AvgIpc) is 2.88. The molecule has 1 unspecified atom stereocenters. The minimum Gasteiger partial charge on any atom is -0.506 e. The van der Waals surface area contributed by atoms with Crippen LogP contribution in [0.1, 0.15) is 32.7 Å². The zero-order chi connectivity index (χ0) is 14.7. The van der Waals surface area contributed by atoms with Gasteiger partial charge in [-0.15, -0.1) is 0 Å². The summed E-state index contributed by atoms with van der Waals surface area (Å²) in [7, 11) is 0. The summed E-state index contributed by atoms with van der Waals surface area (Å²) in [5.41, 5.74) is 0.658. The number of ether oxygens (including phenoxy) is 1. The quantitative estimate of drug-likeness (QED) is 0.908. The van der Waals surface area contributed by atoms with Crippen molar-refractivity contribution in [2.75, 3.05) is 6.61 Å². The molecule has 6 heteroatoms. The highest BCUT2D eigenvalue weighted by Crippen LogP contribution is 2.30. The second-order valence-corrected chi connectivity index (χ2v) is 5.15. The number of nitrogens with zero attached hydrogens (tertiary/aromatic N) is 2. The maximum atomic E-state index is 9.41. The molecule has 1 aromatic carbocycles. The highest BCUT2D eigenvalue weighted by molar-refractivity contribution is 6.32. The van der Waals surface area contributed by atoms with Crippen molar-refractivity contribution < 1.29 is 14.4 Å². The third-order valence-electron chi connectivity index (χ3n) is 2.84. The number of benzene rings is 1. The molecule has 0 fully saturated rings. The lowest BCUT2D eigenvalue weighted by atomic mass is 10.1. The first kappa shape index (κ1) is 14.8. The van der Waals surface area contributed by atoms with Crippen LogP contribution in [-0.2, 0) is 4.74 Å². The summed E-state index contributed by atoms with van der Waals surface area (Å²) in [6.45, 7) is 6.58. The Morgan fingerprint density at radius 2 is 2.15 bits per heavy atom. The summed E-state index contributed by atoms with van der Waals surface area (Å²) < 4.78 is 10.9. The molecule has 1 atom stereocenters. The summed E-state index contributed by atoms with van der Waals surface area (Å²) in [5, 5.41) is 13.6. The van der Waals surface area contributed by atoms with Crippen molar-refractivity contribution in [2.24, 2.45) is 5.92 Å². The van der Waals surface area contributed by atoms with E-state index in [9.17, 15) is 5.11 Å². The molecule has 1 aromatic heterocycles. The van der Waals surface area contributed by atoms with Gasteiger partial charge < -0.3 is 14.4 Å². The third-order valence-corrected chi connectivity index (χ3v) is 3.15. The number of rotatable bonds is 5. The molecule has 0 bridgehead atoms. The Morgan fingerprint density at radius 3 is 2.75 bits per heavy atom. The molecule has 0 radical (unpaired) electrons. The van der Waals surface area contributed by atoms with E-state index in [2.05, 4.69) is 10.1 Å². The molecule has 0 spiro atoms. The molecule has 0 saturated heterocycles. The van der Waals surface area contributed by atoms with E-state index in [4.69, 9.17) is 20.9 Å². The van der Waals surface area contributed by atoms with E-state index in [0.717, 1.165) is 0 Å². The van der Waals surface area contributed by atoms with Crippen LogP contribution in [0.25, 0.3) is 11.5 Å². The number of aromatic hydroxyl groups is 1. The second-order valence-electron chi connectivity index (χ2n) is 4.74. The SMILES string of the molecule is CCOC(c1noc(-c2ccc(O)c(Cl)c2)n1)C(C)C. The Bertz CT molecular complexity index is 584. The minimum absolute atomic E-state index is 0.0181. The molecule has 2 rings (SSSR count). The van der Waals surface area contributed by atoms with E-state index in [-0.39, 0.29) is 22.8 Å². The van der Waals surface area contributed by atoms with E-state index in [1.54, 1.807) is 12.1 Å². The number of hydrogen-bond donors (Lipinski definition) is 1. The summed E-state index contributed by atoms with van der Waals surface area (Å²) in [6, 6.07) is 4.74. The van der Waals surface area contributed by atoms with Crippen molar-refractivity contribution in [1.82, 2.24) is 10.1 Å². The molecule has 1 N–H and O–H groups in total. The fourth-order valence-corrected chi connectivity index (χ4v) is 2.03. The topological polar surface area (TPSA) is 68.4 Å². The first-order valence-corrected chi connectivity index (χ1v) is 6.84. The van der Waals surface area contributed by atoms with Gasteiger partial charge in [-0.05, 0) is 31.0 Å². The Hall–Kier alpha value is -1.59. The van der Waals surface area contributed by atoms with Crippen LogP contribution in [-0.4, -0.2) is 21.9 Å². The lowest BCUT2D eigenvalue weighted by Crippen LogP contribution is -2.12. The highest BCUT2D eigenvalue weighted by atomic mass is 35.5. The fraction of sp³-hybridized carbons (Fsp3) is 0.429. The van der Waals surface area contributed by atoms with E-state index < -0.39 is 0 Å². The zero-order valence-electron chi connectivity index (χ0n) is 11.6. The highest BCUT2D eigenvalue weighted by Gasteiger charge is 2.22. The fourth-order valence-electron chi connectivity index (χ4n) is 1.85. The summed E-state index contributed by atoms with van der Waals surface area (Å²) in [6.07, 6.45) is -0.204. The van der Waals surface area contributed by atoms with Gasteiger partial charge in [0.25, 0.3) is 5.89 Å². The lowest BCUT2D eigenvalue weighted by molar-refractivity contribution is 0.0217. The molecular formula is C14H17ClN2O3. The first-order chi connectivity index (χ1) is 9.52. The Labute approximate surface area is 122 Å². The van der Waals surface area contributed by atoms with Gasteiger partial charge in [0.1, 0.15) is 11.9 Å². The number of hydrogen-bond acceptors (Lipinski definition) is 5. The maximum absolute atomic E-state index is 9.41. The van der Waals surface area contributed by atoms with Crippen molar-refractivity contribution in [1.29, 1.82) is 0 Å². The van der Waals surface area contributed by atoms with Crippen LogP contribution in [0.5, 0.6) is 5.75 Å². The number of phenolic OH excluding ortho intramolecular Hbond substituents is 1. The van der Waals surface area contributed by atoms with E-state index >= 15 is 0 Å². The molecule has 0 aliphatic heterocycles. The predicted molar refractivity (Wildman–Crippen MR) is 75.6 cm³/mol. The lowest BCUT2D eigenvalue weighted by Gasteiger charge is -2.16. The Balaban J connectivity index is 2.29. The number of aromatic nitrogens is 2. The molecule has 2 aromatic rings.